The molecule has 0 saturated carbocycles. The van der Waals surface area contributed by atoms with E-state index < -0.39 is 23.4 Å². The van der Waals surface area contributed by atoms with Crippen LogP contribution < -0.4 is 20.7 Å². The van der Waals surface area contributed by atoms with E-state index in [1.54, 1.807) is 6.07 Å². The zero-order chi connectivity index (χ0) is 29.2. The minimum Gasteiger partial charge on any atom is -0.461 e. The molecule has 1 fully saturated rings. The number of hydrogen-bond donors (Lipinski definition) is 2. The van der Waals surface area contributed by atoms with E-state index in [1.165, 1.54) is 18.2 Å². The van der Waals surface area contributed by atoms with Gasteiger partial charge in [-0.15, -0.1) is 5.11 Å². The highest BCUT2D eigenvalue weighted by molar-refractivity contribution is 5.77. The Morgan fingerprint density at radius 1 is 1.00 bits per heavy atom. The number of nitrogens with zero attached hydrogens (tertiary/aromatic N) is 6. The lowest BCUT2D eigenvalue weighted by molar-refractivity contribution is -0.137. The Kier molecular flexibility index (Phi) is 9.95. The molecular weight excluding hydrogens is 551 g/mol. The van der Waals surface area contributed by atoms with Crippen LogP contribution in [-0.4, -0.2) is 55.4 Å². The number of ether oxygens (including phenoxy) is 2. The van der Waals surface area contributed by atoms with Gasteiger partial charge in [-0.25, -0.2) is 13.8 Å². The van der Waals surface area contributed by atoms with Crippen molar-refractivity contribution in [3.63, 3.8) is 0 Å². The van der Waals surface area contributed by atoms with E-state index in [1.807, 2.05) is 4.90 Å². The summed E-state index contributed by atoms with van der Waals surface area (Å²) in [5.41, 5.74) is 5.86. The Labute approximate surface area is 232 Å². The molecule has 2 aromatic carbocycles. The molecule has 3 N–H and O–H groups in total. The maximum atomic E-state index is 13.3. The van der Waals surface area contributed by atoms with Crippen molar-refractivity contribution in [3.05, 3.63) is 76.9 Å². The van der Waals surface area contributed by atoms with E-state index >= 15 is 0 Å². The van der Waals surface area contributed by atoms with Crippen molar-refractivity contribution in [2.45, 2.75) is 19.3 Å². The molecule has 1 aliphatic heterocycles. The summed E-state index contributed by atoms with van der Waals surface area (Å²) in [4.78, 5) is 14.7. The number of azo groups is 1. The van der Waals surface area contributed by atoms with Gasteiger partial charge in [0.15, 0.2) is 23.4 Å². The SMILES string of the molecule is NC(=NCc1ccc(F)c(F)c1)NCCOc1nc(N=NCc2cccc(C(F)(F)F)c2)cc(N2CCOCC2)n1. The molecule has 218 valence electrons. The molecule has 1 aromatic heterocycles. The fourth-order valence-electron chi connectivity index (χ4n) is 3.70. The van der Waals surface area contributed by atoms with Gasteiger partial charge < -0.3 is 25.4 Å². The third kappa shape index (κ3) is 9.06. The van der Waals surface area contributed by atoms with E-state index in [2.05, 4.69) is 30.5 Å². The molecule has 3 aromatic rings. The maximum Gasteiger partial charge on any atom is 0.416 e. The predicted octanol–water partition coefficient (Wildman–Crippen LogP) is 4.38. The number of morpholine rings is 1. The molecule has 4 rings (SSSR count). The van der Waals surface area contributed by atoms with E-state index in [4.69, 9.17) is 15.2 Å². The van der Waals surface area contributed by atoms with Crippen LogP contribution >= 0.6 is 0 Å². The van der Waals surface area contributed by atoms with Crippen LogP contribution in [0.5, 0.6) is 6.01 Å². The average Bonchev–Trinajstić information content (AvgIpc) is 2.96. The van der Waals surface area contributed by atoms with Gasteiger partial charge in [-0.2, -0.15) is 28.3 Å². The normalized spacial score (nSPS) is 14.5. The van der Waals surface area contributed by atoms with Crippen molar-refractivity contribution in [3.8, 4) is 6.01 Å². The first-order valence-corrected chi connectivity index (χ1v) is 12.5. The number of benzene rings is 2. The lowest BCUT2D eigenvalue weighted by Gasteiger charge is -2.27. The highest BCUT2D eigenvalue weighted by Gasteiger charge is 2.30. The second-order valence-corrected chi connectivity index (χ2v) is 8.79. The summed E-state index contributed by atoms with van der Waals surface area (Å²) < 4.78 is 76.4. The van der Waals surface area contributed by atoms with Crippen LogP contribution in [0, 0.1) is 11.6 Å². The molecule has 0 radical (unpaired) electrons. The highest BCUT2D eigenvalue weighted by Crippen LogP contribution is 2.30. The molecule has 0 aliphatic carbocycles. The summed E-state index contributed by atoms with van der Waals surface area (Å²) in [6, 6.07) is 9.94. The second-order valence-electron chi connectivity index (χ2n) is 8.79. The third-order valence-electron chi connectivity index (χ3n) is 5.75. The number of guanidine groups is 1. The van der Waals surface area contributed by atoms with Gasteiger partial charge in [0.25, 0.3) is 0 Å². The number of nitrogens with two attached hydrogens (primary N) is 1. The first-order valence-electron chi connectivity index (χ1n) is 12.5. The molecule has 41 heavy (non-hydrogen) atoms. The van der Waals surface area contributed by atoms with Crippen molar-refractivity contribution < 1.29 is 31.4 Å². The van der Waals surface area contributed by atoms with E-state index in [9.17, 15) is 22.0 Å². The zero-order valence-corrected chi connectivity index (χ0v) is 21.7. The molecule has 0 unspecified atom stereocenters. The molecule has 0 bridgehead atoms. The largest absolute Gasteiger partial charge is 0.461 e. The van der Waals surface area contributed by atoms with Gasteiger partial charge in [0, 0.05) is 19.2 Å². The number of anilines is 1. The number of alkyl halides is 3. The Balaban J connectivity index is 1.37. The molecule has 2 heterocycles. The van der Waals surface area contributed by atoms with E-state index in [0.717, 1.165) is 24.3 Å². The van der Waals surface area contributed by atoms with E-state index in [0.29, 0.717) is 43.2 Å². The van der Waals surface area contributed by atoms with Gasteiger partial charge in [0.1, 0.15) is 12.4 Å². The smallest absolute Gasteiger partial charge is 0.416 e. The predicted molar refractivity (Wildman–Crippen MR) is 140 cm³/mol. The Morgan fingerprint density at radius 3 is 2.54 bits per heavy atom. The van der Waals surface area contributed by atoms with Gasteiger partial charge in [0.2, 0.25) is 0 Å². The maximum absolute atomic E-state index is 13.3. The Bertz CT molecular complexity index is 1380. The monoisotopic (exact) mass is 578 g/mol. The number of hydrogen-bond acceptors (Lipinski definition) is 8. The number of halogens is 5. The molecule has 1 saturated heterocycles. The molecule has 10 nitrogen and oxygen atoms in total. The molecule has 0 spiro atoms. The van der Waals surface area contributed by atoms with Crippen molar-refractivity contribution in [1.82, 2.24) is 15.3 Å². The van der Waals surface area contributed by atoms with Crippen LogP contribution in [0.4, 0.5) is 33.6 Å². The number of rotatable bonds is 10. The first kappa shape index (κ1) is 29.6. The van der Waals surface area contributed by atoms with Crippen molar-refractivity contribution >= 4 is 17.6 Å². The number of aliphatic imine (C=N–C) groups is 1. The molecule has 1 aliphatic rings. The van der Waals surface area contributed by atoms with Gasteiger partial charge in [-0.3, -0.25) is 0 Å². The number of aromatic nitrogens is 2. The summed E-state index contributed by atoms with van der Waals surface area (Å²) in [5.74, 6) is -1.13. The van der Waals surface area contributed by atoms with Crippen LogP contribution in [0.25, 0.3) is 0 Å². The van der Waals surface area contributed by atoms with Crippen molar-refractivity contribution in [1.29, 1.82) is 0 Å². The average molecular weight is 579 g/mol. The van der Waals surface area contributed by atoms with Crippen LogP contribution in [0.3, 0.4) is 0 Å². The van der Waals surface area contributed by atoms with Gasteiger partial charge in [-0.1, -0.05) is 18.2 Å². The topological polar surface area (TPSA) is 123 Å². The Morgan fingerprint density at radius 2 is 1.78 bits per heavy atom. The standard InChI is InChI=1S/C26H27F5N8O2/c27-20-5-4-18(13-21(20)28)15-34-24(32)33-6-9-41-25-36-22(14-23(37-25)39-7-10-40-11-8-39)38-35-16-17-2-1-3-19(12-17)26(29,30)31/h1-5,12-14H,6-11,15-16H2,(H3,32,33,34). The lowest BCUT2D eigenvalue weighted by atomic mass is 10.1. The molecule has 0 amide bonds. The van der Waals surface area contributed by atoms with Crippen LogP contribution in [0.1, 0.15) is 16.7 Å². The van der Waals surface area contributed by atoms with Crippen LogP contribution in [0.15, 0.2) is 63.8 Å². The van der Waals surface area contributed by atoms with Crippen LogP contribution in [-0.2, 0) is 24.0 Å². The minimum absolute atomic E-state index is 0.0149. The lowest BCUT2D eigenvalue weighted by Crippen LogP contribution is -2.37. The van der Waals surface area contributed by atoms with Gasteiger partial charge in [0.05, 0.1) is 38.4 Å². The van der Waals surface area contributed by atoms with Crippen molar-refractivity contribution in [2.75, 3.05) is 44.4 Å². The fourth-order valence-corrected chi connectivity index (χ4v) is 3.70. The quantitative estimate of drug-likeness (QED) is 0.120. The molecule has 0 atom stereocenters. The first-order chi connectivity index (χ1) is 19.7. The van der Waals surface area contributed by atoms with Crippen LogP contribution in [0.2, 0.25) is 0 Å². The minimum atomic E-state index is -4.45. The van der Waals surface area contributed by atoms with Gasteiger partial charge >= 0.3 is 12.2 Å². The Hall–Kier alpha value is -4.40. The fraction of sp³-hybridized carbons (Fsp3) is 0.346. The second kappa shape index (κ2) is 13.8. The molecular formula is C26H27F5N8O2. The zero-order valence-electron chi connectivity index (χ0n) is 21.7. The summed E-state index contributed by atoms with van der Waals surface area (Å²) in [5, 5.41) is 10.9. The summed E-state index contributed by atoms with van der Waals surface area (Å²) in [6.45, 7) is 2.49. The van der Waals surface area contributed by atoms with Gasteiger partial charge in [-0.05, 0) is 35.4 Å². The summed E-state index contributed by atoms with van der Waals surface area (Å²) in [6.07, 6.45) is -4.45. The van der Waals surface area contributed by atoms with E-state index in [-0.39, 0.29) is 44.0 Å². The summed E-state index contributed by atoms with van der Waals surface area (Å²) in [7, 11) is 0. The van der Waals surface area contributed by atoms with Crippen molar-refractivity contribution in [2.24, 2.45) is 21.0 Å². The number of nitrogens with one attached hydrogen (secondary N) is 1. The molecule has 15 heteroatoms. The highest BCUT2D eigenvalue weighted by atomic mass is 19.4. The third-order valence-corrected chi connectivity index (χ3v) is 5.75. The summed E-state index contributed by atoms with van der Waals surface area (Å²) >= 11 is 0.